The number of hydrogen-bond acceptors (Lipinski definition) is 1. The van der Waals surface area contributed by atoms with Gasteiger partial charge in [-0.05, 0) is 53.5 Å². The highest BCUT2D eigenvalue weighted by atomic mass is 127. The average Bonchev–Trinajstić information content (AvgIpc) is 1.96. The Labute approximate surface area is 83.7 Å². The summed E-state index contributed by atoms with van der Waals surface area (Å²) in [7, 11) is 0. The van der Waals surface area contributed by atoms with E-state index in [0.29, 0.717) is 3.57 Å². The number of aryl methyl sites for hydroxylation is 1. The van der Waals surface area contributed by atoms with Gasteiger partial charge in [-0.2, -0.15) is 0 Å². The average molecular weight is 282 g/mol. The molecule has 1 aromatic carbocycles. The highest BCUT2D eigenvalue weighted by molar-refractivity contribution is 14.1. The molecule has 0 spiro atoms. The molecule has 0 amide bonds. The molecule has 0 atom stereocenters. The van der Waals surface area contributed by atoms with Gasteiger partial charge in [0.25, 0.3) is 0 Å². The maximum absolute atomic E-state index is 13.2. The molecule has 0 radical (unpaired) electrons. The molecule has 1 aromatic rings. The summed E-state index contributed by atoms with van der Waals surface area (Å²) in [6.07, 6.45) is 1.88. The predicted octanol–water partition coefficient (Wildman–Crippen LogP) is 3.46. The first-order valence-electron chi connectivity index (χ1n) is 3.15. The Balaban J connectivity index is 3.24. The molecule has 0 aromatic heterocycles. The normalized spacial score (nSPS) is 10.2. The number of hydrogen-bond donors (Lipinski definition) is 0. The van der Waals surface area contributed by atoms with Crippen LogP contribution in [0.2, 0.25) is 0 Å². The lowest BCUT2D eigenvalue weighted by molar-refractivity contribution is 0.593. The Kier molecular flexibility index (Phi) is 3.18. The van der Waals surface area contributed by atoms with Crippen molar-refractivity contribution >= 4 is 34.4 Å². The molecule has 3 heteroatoms. The maximum Gasteiger partial charge on any atom is 0.150 e. The van der Waals surface area contributed by atoms with E-state index < -0.39 is 0 Å². The van der Waals surface area contributed by atoms with Gasteiger partial charge in [0.2, 0.25) is 0 Å². The van der Waals surface area contributed by atoms with E-state index in [9.17, 15) is 4.39 Å². The number of rotatable bonds is 1. The first-order valence-corrected chi connectivity index (χ1v) is 5.45. The lowest BCUT2D eigenvalue weighted by atomic mass is 10.2. The van der Waals surface area contributed by atoms with E-state index in [4.69, 9.17) is 0 Å². The summed E-state index contributed by atoms with van der Waals surface area (Å²) in [5.41, 5.74) is 1.11. The number of benzene rings is 1. The Bertz CT molecular complexity index is 273. The Morgan fingerprint density at radius 1 is 1.45 bits per heavy atom. The zero-order valence-electron chi connectivity index (χ0n) is 6.32. The fourth-order valence-electron chi connectivity index (χ4n) is 0.841. The second-order valence-electron chi connectivity index (χ2n) is 2.26. The quantitative estimate of drug-likeness (QED) is 0.561. The molecule has 60 valence electrons. The van der Waals surface area contributed by atoms with Gasteiger partial charge in [-0.1, -0.05) is 0 Å². The molecule has 0 fully saturated rings. The molecule has 0 aliphatic carbocycles. The molecule has 0 nitrogen and oxygen atoms in total. The third-order valence-corrected chi connectivity index (χ3v) is 2.88. The zero-order chi connectivity index (χ0) is 8.43. The number of halogens is 2. The smallest absolute Gasteiger partial charge is 0.150 e. The van der Waals surface area contributed by atoms with Gasteiger partial charge in [-0.15, -0.1) is 11.8 Å². The van der Waals surface area contributed by atoms with Crippen LogP contribution in [0.25, 0.3) is 0 Å². The van der Waals surface area contributed by atoms with Crippen molar-refractivity contribution in [1.82, 2.24) is 0 Å². The fraction of sp³-hybridized carbons (Fsp3) is 0.250. The van der Waals surface area contributed by atoms with Gasteiger partial charge >= 0.3 is 0 Å². The summed E-state index contributed by atoms with van der Waals surface area (Å²) < 4.78 is 13.9. The standard InChI is InChI=1S/C8H8FIS/c1-5-3-6(10)8(9)7(4-5)11-2/h3-4H,1-2H3. The summed E-state index contributed by atoms with van der Waals surface area (Å²) in [6.45, 7) is 1.97. The molecule has 0 aliphatic rings. The van der Waals surface area contributed by atoms with Crippen LogP contribution in [-0.2, 0) is 0 Å². The van der Waals surface area contributed by atoms with Crippen LogP contribution in [0.3, 0.4) is 0 Å². The summed E-state index contributed by atoms with van der Waals surface area (Å²) in [5.74, 6) is -0.0938. The SMILES string of the molecule is CSc1cc(C)cc(I)c1F. The van der Waals surface area contributed by atoms with E-state index in [1.165, 1.54) is 11.8 Å². The van der Waals surface area contributed by atoms with Gasteiger partial charge < -0.3 is 0 Å². The van der Waals surface area contributed by atoms with Gasteiger partial charge in [0.1, 0.15) is 5.82 Å². The van der Waals surface area contributed by atoms with E-state index in [1.807, 2.05) is 47.9 Å². The largest absolute Gasteiger partial charge is 0.205 e. The highest BCUT2D eigenvalue weighted by Gasteiger charge is 2.05. The molecular formula is C8H8FIS. The zero-order valence-corrected chi connectivity index (χ0v) is 9.29. The van der Waals surface area contributed by atoms with Crippen LogP contribution in [0.5, 0.6) is 0 Å². The maximum atomic E-state index is 13.2. The van der Waals surface area contributed by atoms with Crippen LogP contribution in [0.4, 0.5) is 4.39 Å². The minimum atomic E-state index is -0.0938. The first-order chi connectivity index (χ1) is 5.15. The van der Waals surface area contributed by atoms with E-state index in [2.05, 4.69) is 0 Å². The van der Waals surface area contributed by atoms with Crippen LogP contribution in [0.15, 0.2) is 17.0 Å². The van der Waals surface area contributed by atoms with Crippen molar-refractivity contribution in [3.8, 4) is 0 Å². The molecular weight excluding hydrogens is 274 g/mol. The van der Waals surface area contributed by atoms with Crippen molar-refractivity contribution in [2.24, 2.45) is 0 Å². The van der Waals surface area contributed by atoms with Crippen molar-refractivity contribution in [3.05, 3.63) is 27.1 Å². The topological polar surface area (TPSA) is 0 Å². The highest BCUT2D eigenvalue weighted by Crippen LogP contribution is 2.24. The predicted molar refractivity (Wildman–Crippen MR) is 55.6 cm³/mol. The van der Waals surface area contributed by atoms with Crippen molar-refractivity contribution in [2.75, 3.05) is 6.26 Å². The van der Waals surface area contributed by atoms with Gasteiger partial charge in [0.15, 0.2) is 0 Å². The van der Waals surface area contributed by atoms with Crippen molar-refractivity contribution in [2.45, 2.75) is 11.8 Å². The Morgan fingerprint density at radius 3 is 2.64 bits per heavy atom. The molecule has 0 bridgehead atoms. The van der Waals surface area contributed by atoms with Crippen LogP contribution in [0.1, 0.15) is 5.56 Å². The van der Waals surface area contributed by atoms with Gasteiger partial charge in [0, 0.05) is 4.90 Å². The van der Waals surface area contributed by atoms with Gasteiger partial charge in [-0.25, -0.2) is 4.39 Å². The molecule has 0 saturated heterocycles. The molecule has 0 heterocycles. The molecule has 11 heavy (non-hydrogen) atoms. The minimum Gasteiger partial charge on any atom is -0.205 e. The first kappa shape index (κ1) is 9.32. The molecule has 0 unspecified atom stereocenters. The van der Waals surface area contributed by atoms with Crippen LogP contribution < -0.4 is 0 Å². The van der Waals surface area contributed by atoms with Crippen molar-refractivity contribution in [3.63, 3.8) is 0 Å². The van der Waals surface area contributed by atoms with Crippen molar-refractivity contribution in [1.29, 1.82) is 0 Å². The van der Waals surface area contributed by atoms with E-state index in [0.717, 1.165) is 10.5 Å². The lowest BCUT2D eigenvalue weighted by Crippen LogP contribution is -1.87. The van der Waals surface area contributed by atoms with Crippen LogP contribution >= 0.6 is 34.4 Å². The van der Waals surface area contributed by atoms with Crippen LogP contribution in [0, 0.1) is 16.3 Å². The molecule has 0 N–H and O–H groups in total. The summed E-state index contributed by atoms with van der Waals surface area (Å²) in [5, 5.41) is 0. The van der Waals surface area contributed by atoms with Gasteiger partial charge in [-0.3, -0.25) is 0 Å². The second-order valence-corrected chi connectivity index (χ2v) is 4.27. The third-order valence-electron chi connectivity index (χ3n) is 1.36. The monoisotopic (exact) mass is 282 g/mol. The van der Waals surface area contributed by atoms with E-state index in [-0.39, 0.29) is 5.82 Å². The lowest BCUT2D eigenvalue weighted by Gasteiger charge is -2.02. The minimum absolute atomic E-state index is 0.0938. The third kappa shape index (κ3) is 2.08. The van der Waals surface area contributed by atoms with Gasteiger partial charge in [0.05, 0.1) is 3.57 Å². The Hall–Kier alpha value is 0.230. The molecule has 0 saturated carbocycles. The number of thioether (sulfide) groups is 1. The fourth-order valence-corrected chi connectivity index (χ4v) is 2.40. The molecule has 1 rings (SSSR count). The Morgan fingerprint density at radius 2 is 2.09 bits per heavy atom. The summed E-state index contributed by atoms with van der Waals surface area (Å²) >= 11 is 3.45. The summed E-state index contributed by atoms with van der Waals surface area (Å²) in [4.78, 5) is 0.731. The molecule has 0 aliphatic heterocycles. The summed E-state index contributed by atoms with van der Waals surface area (Å²) in [6, 6.07) is 3.71. The van der Waals surface area contributed by atoms with Crippen molar-refractivity contribution < 1.29 is 4.39 Å². The van der Waals surface area contributed by atoms with E-state index >= 15 is 0 Å². The van der Waals surface area contributed by atoms with E-state index in [1.54, 1.807) is 0 Å². The van der Waals surface area contributed by atoms with Crippen LogP contribution in [-0.4, -0.2) is 6.26 Å². The second kappa shape index (κ2) is 3.76.